The molecule has 0 atom stereocenters. The molecule has 2 fully saturated rings. The van der Waals surface area contributed by atoms with Crippen molar-refractivity contribution in [2.24, 2.45) is 5.41 Å². The van der Waals surface area contributed by atoms with E-state index in [1.165, 1.54) is 6.08 Å². The van der Waals surface area contributed by atoms with Gasteiger partial charge in [0.05, 0.1) is 17.4 Å². The molecule has 39 heavy (non-hydrogen) atoms. The van der Waals surface area contributed by atoms with E-state index in [0.717, 1.165) is 34.0 Å². The number of aromatic nitrogens is 6. The number of hydrogen-bond donors (Lipinski definition) is 1. The molecule has 3 aromatic heterocycles. The minimum atomic E-state index is -0.0550. The molecule has 1 aromatic carbocycles. The van der Waals surface area contributed by atoms with Crippen LogP contribution in [-0.2, 0) is 11.4 Å². The molecule has 2 aliphatic heterocycles. The zero-order valence-electron chi connectivity index (χ0n) is 21.8. The molecule has 0 bridgehead atoms. The van der Waals surface area contributed by atoms with Gasteiger partial charge < -0.3 is 14.5 Å². The van der Waals surface area contributed by atoms with Gasteiger partial charge in [-0.25, -0.2) is 9.97 Å². The number of H-pyrrole nitrogens is 1. The maximum atomic E-state index is 12.1. The lowest BCUT2D eigenvalue weighted by molar-refractivity contribution is -0.136. The van der Waals surface area contributed by atoms with E-state index in [4.69, 9.17) is 14.7 Å². The number of rotatable bonds is 6. The van der Waals surface area contributed by atoms with Gasteiger partial charge >= 0.3 is 6.01 Å². The third-order valence-corrected chi connectivity index (χ3v) is 7.53. The van der Waals surface area contributed by atoms with Gasteiger partial charge in [0.1, 0.15) is 24.1 Å². The third-order valence-electron chi connectivity index (χ3n) is 7.53. The SMILES string of the molecule is C=CC(=O)N1CC2(CCN(c3nc(OCc4cnc(C)nc4)nc(-c4c(C)ccc5[nH]ncc45)c3C#N)C2)C1. The highest BCUT2D eigenvalue weighted by atomic mass is 16.5. The maximum absolute atomic E-state index is 12.1. The smallest absolute Gasteiger partial charge is 0.319 e. The molecule has 6 rings (SSSR count). The summed E-state index contributed by atoms with van der Waals surface area (Å²) >= 11 is 0. The number of fused-ring (bicyclic) bond motifs is 1. The van der Waals surface area contributed by atoms with Crippen molar-refractivity contribution in [2.45, 2.75) is 26.9 Å². The molecule has 1 spiro atoms. The first-order chi connectivity index (χ1) is 18.9. The highest BCUT2D eigenvalue weighted by Crippen LogP contribution is 2.43. The normalized spacial score (nSPS) is 15.8. The summed E-state index contributed by atoms with van der Waals surface area (Å²) in [5.41, 5.74) is 4.25. The fraction of sp³-hybridized carbons (Fsp3) is 0.321. The van der Waals surface area contributed by atoms with Gasteiger partial charge in [-0.05, 0) is 38.0 Å². The number of benzene rings is 1. The van der Waals surface area contributed by atoms with E-state index < -0.39 is 0 Å². The zero-order valence-corrected chi connectivity index (χ0v) is 21.8. The lowest BCUT2D eigenvalue weighted by Gasteiger charge is -2.47. The van der Waals surface area contributed by atoms with Crippen molar-refractivity contribution < 1.29 is 9.53 Å². The number of nitrogens with zero attached hydrogens (tertiary/aromatic N) is 8. The number of aryl methyl sites for hydroxylation is 2. The van der Waals surface area contributed by atoms with Crippen LogP contribution in [0.2, 0.25) is 0 Å². The number of nitrogens with one attached hydrogen (secondary N) is 1. The Bertz CT molecular complexity index is 1630. The summed E-state index contributed by atoms with van der Waals surface area (Å²) in [6, 6.07) is 6.48. The molecular formula is C28H27N9O2. The Morgan fingerprint density at radius 1 is 1.21 bits per heavy atom. The number of carbonyl (C=O) groups is 1. The van der Waals surface area contributed by atoms with Crippen molar-refractivity contribution in [3.05, 3.63) is 65.9 Å². The molecule has 1 N–H and O–H groups in total. The second-order valence-corrected chi connectivity index (χ2v) is 10.3. The average molecular weight is 522 g/mol. The van der Waals surface area contributed by atoms with E-state index in [1.54, 1.807) is 23.5 Å². The first kappa shape index (κ1) is 24.5. The van der Waals surface area contributed by atoms with Crippen molar-refractivity contribution in [3.63, 3.8) is 0 Å². The molecule has 2 saturated heterocycles. The number of ether oxygens (including phenoxy) is 1. The van der Waals surface area contributed by atoms with Gasteiger partial charge in [0.25, 0.3) is 0 Å². The van der Waals surface area contributed by atoms with Gasteiger partial charge in [0, 0.05) is 60.5 Å². The van der Waals surface area contributed by atoms with E-state index in [0.29, 0.717) is 49.1 Å². The summed E-state index contributed by atoms with van der Waals surface area (Å²) < 4.78 is 6.06. The first-order valence-corrected chi connectivity index (χ1v) is 12.7. The number of likely N-dealkylation sites (tertiary alicyclic amines) is 1. The van der Waals surface area contributed by atoms with Crippen LogP contribution in [0.5, 0.6) is 6.01 Å². The number of anilines is 1. The topological polar surface area (TPSA) is 137 Å². The summed E-state index contributed by atoms with van der Waals surface area (Å²) in [5, 5.41) is 18.5. The summed E-state index contributed by atoms with van der Waals surface area (Å²) in [5.74, 6) is 1.15. The van der Waals surface area contributed by atoms with Crippen LogP contribution < -0.4 is 9.64 Å². The van der Waals surface area contributed by atoms with Gasteiger partial charge in [-0.15, -0.1) is 0 Å². The Morgan fingerprint density at radius 3 is 2.74 bits per heavy atom. The minimum absolute atomic E-state index is 0.0305. The third kappa shape index (κ3) is 4.33. The Kier molecular flexibility index (Phi) is 5.95. The van der Waals surface area contributed by atoms with Crippen LogP contribution in [0.4, 0.5) is 5.82 Å². The molecule has 196 valence electrons. The van der Waals surface area contributed by atoms with Crippen LogP contribution >= 0.6 is 0 Å². The Hall–Kier alpha value is -4.85. The molecule has 1 amide bonds. The monoisotopic (exact) mass is 521 g/mol. The van der Waals surface area contributed by atoms with Crippen LogP contribution in [-0.4, -0.2) is 67.1 Å². The van der Waals surface area contributed by atoms with Gasteiger partial charge in [0.15, 0.2) is 5.82 Å². The van der Waals surface area contributed by atoms with Crippen molar-refractivity contribution in [1.82, 2.24) is 35.0 Å². The lowest BCUT2D eigenvalue weighted by atomic mass is 9.79. The average Bonchev–Trinajstić information content (AvgIpc) is 3.59. The molecule has 0 aliphatic carbocycles. The van der Waals surface area contributed by atoms with Crippen LogP contribution in [0.1, 0.15) is 28.9 Å². The Labute approximate surface area is 225 Å². The zero-order chi connectivity index (χ0) is 27.1. The predicted octanol–water partition coefficient (Wildman–Crippen LogP) is 3.10. The second-order valence-electron chi connectivity index (χ2n) is 10.3. The fourth-order valence-corrected chi connectivity index (χ4v) is 5.51. The fourth-order valence-electron chi connectivity index (χ4n) is 5.51. The number of amides is 1. The predicted molar refractivity (Wildman–Crippen MR) is 144 cm³/mol. The van der Waals surface area contributed by atoms with E-state index in [2.05, 4.69) is 37.7 Å². The van der Waals surface area contributed by atoms with Gasteiger partial charge in [-0.2, -0.15) is 20.3 Å². The van der Waals surface area contributed by atoms with E-state index in [9.17, 15) is 10.1 Å². The largest absolute Gasteiger partial charge is 0.458 e. The quantitative estimate of drug-likeness (QED) is 0.379. The van der Waals surface area contributed by atoms with E-state index in [1.807, 2.05) is 26.0 Å². The van der Waals surface area contributed by atoms with Crippen LogP contribution in [0, 0.1) is 30.6 Å². The van der Waals surface area contributed by atoms with E-state index >= 15 is 0 Å². The lowest BCUT2D eigenvalue weighted by Crippen LogP contribution is -2.59. The molecule has 0 saturated carbocycles. The van der Waals surface area contributed by atoms with Gasteiger partial charge in [-0.3, -0.25) is 9.89 Å². The number of carbonyl (C=O) groups excluding carboxylic acids is 1. The van der Waals surface area contributed by atoms with Gasteiger partial charge in [0.2, 0.25) is 5.91 Å². The van der Waals surface area contributed by atoms with Crippen molar-refractivity contribution in [1.29, 1.82) is 5.26 Å². The molecule has 5 heterocycles. The molecule has 0 radical (unpaired) electrons. The summed E-state index contributed by atoms with van der Waals surface area (Å²) in [6.07, 6.45) is 7.41. The second kappa shape index (κ2) is 9.47. The van der Waals surface area contributed by atoms with Crippen molar-refractivity contribution in [3.8, 4) is 23.3 Å². The van der Waals surface area contributed by atoms with E-state index in [-0.39, 0.29) is 23.9 Å². The van der Waals surface area contributed by atoms with Crippen molar-refractivity contribution in [2.75, 3.05) is 31.1 Å². The summed E-state index contributed by atoms with van der Waals surface area (Å²) in [6.45, 7) is 10.3. The maximum Gasteiger partial charge on any atom is 0.319 e. The molecule has 0 unspecified atom stereocenters. The minimum Gasteiger partial charge on any atom is -0.458 e. The van der Waals surface area contributed by atoms with Gasteiger partial charge in [-0.1, -0.05) is 12.6 Å². The Morgan fingerprint density at radius 2 is 2.00 bits per heavy atom. The van der Waals surface area contributed by atoms with Crippen LogP contribution in [0.3, 0.4) is 0 Å². The van der Waals surface area contributed by atoms with Crippen LogP contribution in [0.25, 0.3) is 22.2 Å². The highest BCUT2D eigenvalue weighted by Gasteiger charge is 2.49. The molecular weight excluding hydrogens is 494 g/mol. The summed E-state index contributed by atoms with van der Waals surface area (Å²) in [7, 11) is 0. The molecule has 11 heteroatoms. The first-order valence-electron chi connectivity index (χ1n) is 12.7. The molecule has 2 aliphatic rings. The number of aromatic amines is 1. The summed E-state index contributed by atoms with van der Waals surface area (Å²) in [4.78, 5) is 33.9. The number of nitriles is 1. The van der Waals surface area contributed by atoms with Crippen molar-refractivity contribution >= 4 is 22.6 Å². The van der Waals surface area contributed by atoms with Crippen LogP contribution in [0.15, 0.2) is 43.4 Å². The molecule has 11 nitrogen and oxygen atoms in total. The highest BCUT2D eigenvalue weighted by molar-refractivity contribution is 5.97. The Balaban J connectivity index is 1.41. The number of hydrogen-bond acceptors (Lipinski definition) is 9. The standard InChI is InChI=1S/C28H27N9O2/c1-4-23(38)37-15-28(16-37)7-8-36(14-28)26-20(9-29)25(24-17(2)5-6-22-21(24)12-32-35-22)33-27(34-26)39-13-19-10-30-18(3)31-11-19/h4-6,10-12H,1,7-8,13-16H2,2-3H3,(H,32,35). The molecule has 4 aromatic rings.